The van der Waals surface area contributed by atoms with E-state index in [0.29, 0.717) is 5.56 Å². The number of fused-ring (bicyclic) bond motifs is 2. The predicted molar refractivity (Wildman–Crippen MR) is 119 cm³/mol. The van der Waals surface area contributed by atoms with E-state index in [4.69, 9.17) is 11.6 Å². The highest BCUT2D eigenvalue weighted by atomic mass is 35.5. The molecule has 1 unspecified atom stereocenters. The van der Waals surface area contributed by atoms with E-state index in [0.717, 1.165) is 50.6 Å². The third kappa shape index (κ3) is 3.03. The Hall–Kier alpha value is -3.18. The lowest BCUT2D eigenvalue weighted by Crippen LogP contribution is -2.22. The second-order valence-electron chi connectivity index (χ2n) is 7.68. The quantitative estimate of drug-likeness (QED) is 0.273. The highest BCUT2D eigenvalue weighted by molar-refractivity contribution is 6.30. The second-order valence-corrected chi connectivity index (χ2v) is 8.25. The Morgan fingerprint density at radius 1 is 0.710 bits per heavy atom. The third-order valence-electron chi connectivity index (χ3n) is 5.87. The van der Waals surface area contributed by atoms with Crippen LogP contribution >= 0.6 is 11.6 Å². The van der Waals surface area contributed by atoms with E-state index < -0.39 is 16.6 Å². The Morgan fingerprint density at radius 2 is 1.32 bits per heavy atom. The maximum Gasteiger partial charge on any atom is 0.416 e. The van der Waals surface area contributed by atoms with Crippen molar-refractivity contribution in [2.45, 2.75) is 18.0 Å². The molecule has 6 heteroatoms. The van der Waals surface area contributed by atoms with Gasteiger partial charge < -0.3 is 9.97 Å². The minimum Gasteiger partial charge on any atom is -0.361 e. The van der Waals surface area contributed by atoms with Gasteiger partial charge in [-0.3, -0.25) is 0 Å². The minimum absolute atomic E-state index is 0.564. The molecule has 0 saturated heterocycles. The van der Waals surface area contributed by atoms with E-state index in [1.165, 1.54) is 12.1 Å². The summed E-state index contributed by atoms with van der Waals surface area (Å²) in [6, 6.07) is 18.8. The summed E-state index contributed by atoms with van der Waals surface area (Å²) < 4.78 is 39.5. The molecule has 0 radical (unpaired) electrons. The molecular weight excluding hydrogens is 421 g/mol. The molecule has 2 nitrogen and oxygen atoms in total. The van der Waals surface area contributed by atoms with Gasteiger partial charge in [-0.15, -0.1) is 11.6 Å². The van der Waals surface area contributed by atoms with Crippen LogP contribution in [-0.2, 0) is 11.1 Å². The highest BCUT2D eigenvalue weighted by Crippen LogP contribution is 2.48. The number of hydrogen-bond donors (Lipinski definition) is 2. The standard InChI is InChI=1S/C25H18ClF3N2/c1-15-5-4-7-19-21(14-31-23(15)19)24(26,16-9-11-17(12-10-16)25(27,28)29)20-13-30-22-8-3-2-6-18(20)22/h2-14,30-31H,1H3. The van der Waals surface area contributed by atoms with Crippen LogP contribution in [0.4, 0.5) is 13.2 Å². The Morgan fingerprint density at radius 3 is 2.06 bits per heavy atom. The van der Waals surface area contributed by atoms with Crippen LogP contribution in [0.25, 0.3) is 21.8 Å². The molecule has 156 valence electrons. The van der Waals surface area contributed by atoms with Crippen molar-refractivity contribution >= 4 is 33.4 Å². The van der Waals surface area contributed by atoms with Gasteiger partial charge in [0.2, 0.25) is 0 Å². The van der Waals surface area contributed by atoms with Crippen LogP contribution in [0.3, 0.4) is 0 Å². The normalized spacial score (nSPS) is 14.2. The molecule has 0 amide bonds. The first-order valence-electron chi connectivity index (χ1n) is 9.80. The van der Waals surface area contributed by atoms with Crippen LogP contribution < -0.4 is 0 Å². The van der Waals surface area contributed by atoms with Crippen molar-refractivity contribution in [3.63, 3.8) is 0 Å². The number of hydrogen-bond acceptors (Lipinski definition) is 0. The number of halogens is 4. The lowest BCUT2D eigenvalue weighted by atomic mass is 9.83. The summed E-state index contributed by atoms with van der Waals surface area (Å²) in [5.41, 5.74) is 4.36. The van der Waals surface area contributed by atoms with E-state index in [1.807, 2.05) is 61.8 Å². The average molecular weight is 439 g/mol. The van der Waals surface area contributed by atoms with Crippen molar-refractivity contribution in [3.8, 4) is 0 Å². The summed E-state index contributed by atoms with van der Waals surface area (Å²) in [7, 11) is 0. The number of aromatic amines is 2. The molecule has 5 aromatic rings. The van der Waals surface area contributed by atoms with Gasteiger partial charge >= 0.3 is 6.18 Å². The van der Waals surface area contributed by atoms with Gasteiger partial charge in [0.1, 0.15) is 4.87 Å². The topological polar surface area (TPSA) is 31.6 Å². The van der Waals surface area contributed by atoms with Gasteiger partial charge in [0.05, 0.1) is 5.56 Å². The summed E-state index contributed by atoms with van der Waals surface area (Å²) in [5, 5.41) is 1.85. The molecule has 0 spiro atoms. The fraction of sp³-hybridized carbons (Fsp3) is 0.120. The maximum atomic E-state index is 13.2. The number of benzene rings is 3. The molecule has 2 N–H and O–H groups in total. The zero-order chi connectivity index (χ0) is 21.8. The summed E-state index contributed by atoms with van der Waals surface area (Å²) >= 11 is 7.45. The van der Waals surface area contributed by atoms with Crippen LogP contribution in [0.15, 0.2) is 79.1 Å². The highest BCUT2D eigenvalue weighted by Gasteiger charge is 2.39. The molecule has 2 heterocycles. The zero-order valence-corrected chi connectivity index (χ0v) is 17.3. The number of aryl methyl sites for hydroxylation is 1. The van der Waals surface area contributed by atoms with Crippen molar-refractivity contribution < 1.29 is 13.2 Å². The monoisotopic (exact) mass is 438 g/mol. The Bertz CT molecular complexity index is 1400. The first-order valence-corrected chi connectivity index (χ1v) is 10.2. The maximum absolute atomic E-state index is 13.2. The largest absolute Gasteiger partial charge is 0.416 e. The Kier molecular flexibility index (Phi) is 4.41. The fourth-order valence-electron chi connectivity index (χ4n) is 4.29. The van der Waals surface area contributed by atoms with Crippen LogP contribution in [0.5, 0.6) is 0 Å². The molecule has 0 aliphatic carbocycles. The van der Waals surface area contributed by atoms with Gasteiger partial charge in [-0.2, -0.15) is 13.2 Å². The van der Waals surface area contributed by atoms with Gasteiger partial charge in [0.25, 0.3) is 0 Å². The van der Waals surface area contributed by atoms with Crippen molar-refractivity contribution in [3.05, 3.63) is 107 Å². The van der Waals surface area contributed by atoms with E-state index in [1.54, 1.807) is 0 Å². The molecule has 5 rings (SSSR count). The van der Waals surface area contributed by atoms with Crippen molar-refractivity contribution in [1.29, 1.82) is 0 Å². The number of H-pyrrole nitrogens is 2. The molecular formula is C25H18ClF3N2. The van der Waals surface area contributed by atoms with E-state index >= 15 is 0 Å². The Labute approximate surface area is 181 Å². The average Bonchev–Trinajstić information content (AvgIpc) is 3.39. The minimum atomic E-state index is -4.41. The number of rotatable bonds is 3. The molecule has 2 aromatic heterocycles. The zero-order valence-electron chi connectivity index (χ0n) is 16.5. The van der Waals surface area contributed by atoms with E-state index in [-0.39, 0.29) is 0 Å². The predicted octanol–water partition coefficient (Wildman–Crippen LogP) is 7.51. The molecule has 0 bridgehead atoms. The van der Waals surface area contributed by atoms with Gasteiger partial charge in [-0.25, -0.2) is 0 Å². The lowest BCUT2D eigenvalue weighted by molar-refractivity contribution is -0.137. The van der Waals surface area contributed by atoms with Gasteiger partial charge in [0.15, 0.2) is 0 Å². The number of aromatic nitrogens is 2. The van der Waals surface area contributed by atoms with Crippen molar-refractivity contribution in [2.24, 2.45) is 0 Å². The molecule has 0 aliphatic heterocycles. The third-order valence-corrected chi connectivity index (χ3v) is 6.49. The summed E-state index contributed by atoms with van der Waals surface area (Å²) in [6.07, 6.45) is -0.722. The molecule has 3 aromatic carbocycles. The van der Waals surface area contributed by atoms with Crippen LogP contribution in [0.1, 0.15) is 27.8 Å². The molecule has 31 heavy (non-hydrogen) atoms. The van der Waals surface area contributed by atoms with Gasteiger partial charge in [0, 0.05) is 45.3 Å². The van der Waals surface area contributed by atoms with Gasteiger partial charge in [-0.1, -0.05) is 48.5 Å². The van der Waals surface area contributed by atoms with E-state index in [2.05, 4.69) is 9.97 Å². The number of para-hydroxylation sites is 2. The smallest absolute Gasteiger partial charge is 0.361 e. The fourth-order valence-corrected chi connectivity index (χ4v) is 4.73. The summed E-state index contributed by atoms with van der Waals surface area (Å²) in [6.45, 7) is 2.00. The van der Waals surface area contributed by atoms with Crippen LogP contribution in [0.2, 0.25) is 0 Å². The van der Waals surface area contributed by atoms with E-state index in [9.17, 15) is 13.2 Å². The lowest BCUT2D eigenvalue weighted by Gasteiger charge is -2.28. The van der Waals surface area contributed by atoms with Crippen LogP contribution in [0, 0.1) is 6.92 Å². The first kappa shape index (κ1) is 19.8. The van der Waals surface area contributed by atoms with Crippen molar-refractivity contribution in [2.75, 3.05) is 0 Å². The summed E-state index contributed by atoms with van der Waals surface area (Å²) in [5.74, 6) is 0. The van der Waals surface area contributed by atoms with Crippen LogP contribution in [-0.4, -0.2) is 9.97 Å². The number of nitrogens with one attached hydrogen (secondary N) is 2. The molecule has 0 saturated carbocycles. The second kappa shape index (κ2) is 6.92. The van der Waals surface area contributed by atoms with Crippen molar-refractivity contribution in [1.82, 2.24) is 9.97 Å². The number of alkyl halides is 4. The first-order chi connectivity index (χ1) is 14.8. The Balaban J connectivity index is 1.82. The molecule has 0 fully saturated rings. The summed E-state index contributed by atoms with van der Waals surface area (Å²) in [4.78, 5) is 5.35. The molecule has 1 atom stereocenters. The van der Waals surface area contributed by atoms with Gasteiger partial charge in [-0.05, 0) is 36.2 Å². The SMILES string of the molecule is Cc1cccc2c(C(Cl)(c3ccc(C(F)(F)F)cc3)c3c[nH]c4ccccc34)c[nH]c12. The molecule has 0 aliphatic rings.